The van der Waals surface area contributed by atoms with Crippen molar-refractivity contribution in [1.82, 2.24) is 0 Å². The zero-order valence-electron chi connectivity index (χ0n) is 11.9. The summed E-state index contributed by atoms with van der Waals surface area (Å²) in [6, 6.07) is 7.38. The van der Waals surface area contributed by atoms with Crippen LogP contribution < -0.4 is 5.19 Å². The third kappa shape index (κ3) is 4.66. The molecule has 0 N–H and O–H groups in total. The minimum atomic E-state index is -3.60. The number of nitrogens with zero attached hydrogens (tertiary/aromatic N) is 1. The van der Waals surface area contributed by atoms with E-state index in [2.05, 4.69) is 4.99 Å². The Hall–Kier alpha value is -1.30. The van der Waals surface area contributed by atoms with E-state index >= 15 is 0 Å². The largest absolute Gasteiger partial charge is 0.564 e. The van der Waals surface area contributed by atoms with Crippen LogP contribution in [0.2, 0.25) is 0 Å². The van der Waals surface area contributed by atoms with Gasteiger partial charge in [-0.15, -0.1) is 0 Å². The Kier molecular flexibility index (Phi) is 7.36. The highest BCUT2D eigenvalue weighted by molar-refractivity contribution is 6.74. The van der Waals surface area contributed by atoms with Gasteiger partial charge in [-0.25, -0.2) is 14.6 Å². The number of aliphatic imine (C=N–C) groups is 1. The fourth-order valence-electron chi connectivity index (χ4n) is 2.01. The van der Waals surface area contributed by atoms with Crippen molar-refractivity contribution in [2.75, 3.05) is 19.8 Å². The van der Waals surface area contributed by atoms with Gasteiger partial charge >= 0.3 is 8.80 Å². The van der Waals surface area contributed by atoms with E-state index in [9.17, 15) is 9.59 Å². The van der Waals surface area contributed by atoms with Gasteiger partial charge in [0.15, 0.2) is 0 Å². The average Bonchev–Trinajstić information content (AvgIpc) is 2.44. The summed E-state index contributed by atoms with van der Waals surface area (Å²) in [6.45, 7) is 4.66. The minimum absolute atomic E-state index is 0.333. The lowest BCUT2D eigenvalue weighted by Gasteiger charge is -2.23. The highest BCUT2D eigenvalue weighted by Gasteiger charge is 2.43. The molecular weight excluding hydrogens is 274 g/mol. The Bertz CT molecular complexity index is 454. The van der Waals surface area contributed by atoms with Crippen molar-refractivity contribution in [1.29, 1.82) is 0 Å². The fourth-order valence-corrected chi connectivity index (χ4v) is 4.06. The first kappa shape index (κ1) is 16.8. The van der Waals surface area contributed by atoms with Crippen LogP contribution in [0.1, 0.15) is 25.8 Å². The molecule has 6 heteroatoms. The van der Waals surface area contributed by atoms with Gasteiger partial charge in [-0.2, -0.15) is 0 Å². The zero-order chi connectivity index (χ0) is 14.8. The van der Waals surface area contributed by atoms with Gasteiger partial charge in [0.25, 0.3) is 0 Å². The number of rotatable bonds is 9. The Morgan fingerprint density at radius 1 is 1.20 bits per heavy atom. The molecule has 0 aliphatic rings. The van der Waals surface area contributed by atoms with E-state index in [1.807, 2.05) is 18.2 Å². The zero-order valence-corrected chi connectivity index (χ0v) is 12.9. The van der Waals surface area contributed by atoms with Crippen LogP contribution in [0, 0.1) is 0 Å². The van der Waals surface area contributed by atoms with Gasteiger partial charge in [-0.1, -0.05) is 24.3 Å². The molecule has 0 aliphatic carbocycles. The van der Waals surface area contributed by atoms with E-state index in [0.717, 1.165) is 5.56 Å². The van der Waals surface area contributed by atoms with Gasteiger partial charge in [-0.05, 0) is 32.3 Å². The Morgan fingerprint density at radius 3 is 2.45 bits per heavy atom. The van der Waals surface area contributed by atoms with Crippen LogP contribution >= 0.6 is 0 Å². The van der Waals surface area contributed by atoms with Crippen molar-refractivity contribution in [2.24, 2.45) is 4.99 Å². The highest BCUT2D eigenvalue weighted by Crippen LogP contribution is 2.11. The first-order chi connectivity index (χ1) is 9.68. The van der Waals surface area contributed by atoms with Crippen molar-refractivity contribution in [3.63, 3.8) is 0 Å². The molecule has 0 saturated heterocycles. The lowest BCUT2D eigenvalue weighted by molar-refractivity contribution is 0.0969. The van der Waals surface area contributed by atoms with Crippen molar-refractivity contribution >= 4 is 20.1 Å². The van der Waals surface area contributed by atoms with E-state index in [4.69, 9.17) is 8.85 Å². The van der Waals surface area contributed by atoms with E-state index in [0.29, 0.717) is 37.8 Å². The van der Waals surface area contributed by atoms with Crippen LogP contribution in [-0.2, 0) is 24.9 Å². The fraction of sp³-hybridized carbons (Fsp3) is 0.500. The molecule has 1 aromatic rings. The second-order valence-electron chi connectivity index (χ2n) is 4.16. The van der Waals surface area contributed by atoms with E-state index in [1.54, 1.807) is 19.9 Å². The van der Waals surface area contributed by atoms with Gasteiger partial charge in [0.2, 0.25) is 6.08 Å². The molecular formula is C14H20NO4Si. The van der Waals surface area contributed by atoms with Crippen molar-refractivity contribution < 1.29 is 18.4 Å². The summed E-state index contributed by atoms with van der Waals surface area (Å²) < 4.78 is 10.8. The summed E-state index contributed by atoms with van der Waals surface area (Å²) in [7, 11) is -3.60. The van der Waals surface area contributed by atoms with Gasteiger partial charge in [0, 0.05) is 18.4 Å². The molecule has 0 fully saturated rings. The normalized spacial score (nSPS) is 11.2. The lowest BCUT2D eigenvalue weighted by atomic mass is 10.1. The third-order valence-corrected chi connectivity index (χ3v) is 5.28. The summed E-state index contributed by atoms with van der Waals surface area (Å²) in [5.41, 5.74) is 0.914. The molecule has 1 radical (unpaired) electrons. The van der Waals surface area contributed by atoms with Crippen LogP contribution in [0.3, 0.4) is 0 Å². The molecule has 0 bridgehead atoms. The Morgan fingerprint density at radius 2 is 1.85 bits per heavy atom. The quantitative estimate of drug-likeness (QED) is 0.301. The summed E-state index contributed by atoms with van der Waals surface area (Å²) >= 11 is 0. The van der Waals surface area contributed by atoms with Gasteiger partial charge < -0.3 is 8.85 Å². The first-order valence-electron chi connectivity index (χ1n) is 6.78. The molecule has 0 unspecified atom stereocenters. The summed E-state index contributed by atoms with van der Waals surface area (Å²) in [4.78, 5) is 26.4. The smallest absolute Gasteiger partial charge is 0.369 e. The average molecular weight is 294 g/mol. The number of benzene rings is 1. The first-order valence-corrected chi connectivity index (χ1v) is 8.50. The second-order valence-corrected chi connectivity index (χ2v) is 6.38. The standard InChI is InChI=1S/C14H20NO4Si/c1-3-18-20(17,19-4-2)14-10-6-5-8-13(14)9-7-11-15-12-16/h5-6,8,10H,3-4,7,9,11H2,1-2H3. The minimum Gasteiger partial charge on any atom is -0.369 e. The monoisotopic (exact) mass is 294 g/mol. The van der Waals surface area contributed by atoms with Crippen molar-refractivity contribution in [3.05, 3.63) is 29.8 Å². The van der Waals surface area contributed by atoms with Crippen LogP contribution in [0.15, 0.2) is 29.3 Å². The molecule has 1 aromatic carbocycles. The molecule has 20 heavy (non-hydrogen) atoms. The van der Waals surface area contributed by atoms with E-state index in [-0.39, 0.29) is 0 Å². The highest BCUT2D eigenvalue weighted by atomic mass is 28.4. The SMILES string of the molecule is CCO[Si]([O])(OCC)c1ccccc1CCCN=C=O. The van der Waals surface area contributed by atoms with E-state index in [1.165, 1.54) is 6.08 Å². The molecule has 5 nitrogen and oxygen atoms in total. The molecule has 0 atom stereocenters. The molecule has 0 spiro atoms. The number of carbonyl (C=O) groups excluding carboxylic acids is 1. The van der Waals surface area contributed by atoms with Crippen molar-refractivity contribution in [3.8, 4) is 0 Å². The molecule has 0 amide bonds. The Labute approximate surface area is 120 Å². The van der Waals surface area contributed by atoms with Crippen LogP contribution in [-0.4, -0.2) is 34.6 Å². The molecule has 109 valence electrons. The summed E-state index contributed by atoms with van der Waals surface area (Å²) in [5.74, 6) is 0. The van der Waals surface area contributed by atoms with Gasteiger partial charge in [-0.3, -0.25) is 0 Å². The Balaban J connectivity index is 2.93. The topological polar surface area (TPSA) is 67.8 Å². The number of isocyanates is 1. The maximum atomic E-state index is 12.8. The number of aryl methyl sites for hydroxylation is 1. The second kappa shape index (κ2) is 8.79. The summed E-state index contributed by atoms with van der Waals surface area (Å²) in [6.07, 6.45) is 2.87. The maximum absolute atomic E-state index is 12.8. The van der Waals surface area contributed by atoms with Gasteiger partial charge in [0.05, 0.1) is 6.54 Å². The van der Waals surface area contributed by atoms with E-state index < -0.39 is 8.80 Å². The van der Waals surface area contributed by atoms with Crippen LogP contribution in [0.5, 0.6) is 0 Å². The molecule has 0 saturated carbocycles. The molecule has 1 rings (SSSR count). The summed E-state index contributed by atoms with van der Waals surface area (Å²) in [5, 5.41) is 0.624. The third-order valence-electron chi connectivity index (χ3n) is 2.80. The van der Waals surface area contributed by atoms with Crippen LogP contribution in [0.4, 0.5) is 0 Å². The molecule has 0 aromatic heterocycles. The molecule has 0 heterocycles. The number of hydrogen-bond acceptors (Lipinski definition) is 4. The van der Waals surface area contributed by atoms with Crippen LogP contribution in [0.25, 0.3) is 0 Å². The maximum Gasteiger partial charge on any atom is 0.564 e. The van der Waals surface area contributed by atoms with Crippen molar-refractivity contribution in [2.45, 2.75) is 26.7 Å². The predicted molar refractivity (Wildman–Crippen MR) is 77.1 cm³/mol. The number of hydrogen-bond donors (Lipinski definition) is 0. The van der Waals surface area contributed by atoms with Gasteiger partial charge in [0.1, 0.15) is 0 Å². The predicted octanol–water partition coefficient (Wildman–Crippen LogP) is 1.60. The lowest BCUT2D eigenvalue weighted by Crippen LogP contribution is -2.54. The molecule has 0 aliphatic heterocycles.